The Kier molecular flexibility index (Phi) is 4.34. The Morgan fingerprint density at radius 2 is 1.82 bits per heavy atom. The first-order chi connectivity index (χ1) is 8.19. The largest absolute Gasteiger partial charge is 0.507 e. The molecule has 3 heteroatoms. The molecule has 2 rings (SSSR count). The highest BCUT2D eigenvalue weighted by atomic mass is 127. The van der Waals surface area contributed by atoms with E-state index in [0.29, 0.717) is 5.75 Å². The molecule has 0 fully saturated rings. The van der Waals surface area contributed by atoms with E-state index in [9.17, 15) is 5.11 Å². The fourth-order valence-corrected chi connectivity index (χ4v) is 2.80. The van der Waals surface area contributed by atoms with Gasteiger partial charge in [-0.15, -0.1) is 0 Å². The van der Waals surface area contributed by atoms with E-state index in [2.05, 4.69) is 53.8 Å². The summed E-state index contributed by atoms with van der Waals surface area (Å²) in [7, 11) is 0. The van der Waals surface area contributed by atoms with Gasteiger partial charge in [0.05, 0.1) is 4.90 Å². The molecular weight excluding hydrogens is 343 g/mol. The van der Waals surface area contributed by atoms with Gasteiger partial charge in [0.15, 0.2) is 0 Å². The first-order valence-electron chi connectivity index (χ1n) is 5.44. The number of hydrogen-bond acceptors (Lipinski definition) is 2. The normalized spacial score (nSPS) is 10.5. The highest BCUT2D eigenvalue weighted by Gasteiger charge is 2.03. The zero-order valence-corrected chi connectivity index (χ0v) is 12.5. The van der Waals surface area contributed by atoms with Crippen LogP contribution in [-0.2, 0) is 6.42 Å². The fourth-order valence-electron chi connectivity index (χ4n) is 1.50. The summed E-state index contributed by atoms with van der Waals surface area (Å²) in [6.07, 6.45) is 1.06. The van der Waals surface area contributed by atoms with Gasteiger partial charge >= 0.3 is 0 Å². The second-order valence-electron chi connectivity index (χ2n) is 3.71. The van der Waals surface area contributed by atoms with Gasteiger partial charge in [0.1, 0.15) is 5.75 Å². The summed E-state index contributed by atoms with van der Waals surface area (Å²) in [6, 6.07) is 14.2. The molecule has 17 heavy (non-hydrogen) atoms. The Morgan fingerprint density at radius 3 is 2.41 bits per heavy atom. The Balaban J connectivity index is 2.19. The van der Waals surface area contributed by atoms with Gasteiger partial charge in [-0.1, -0.05) is 30.8 Å². The average Bonchev–Trinajstić information content (AvgIpc) is 2.34. The van der Waals surface area contributed by atoms with Crippen LogP contribution < -0.4 is 0 Å². The summed E-state index contributed by atoms with van der Waals surface area (Å²) in [5, 5.41) is 9.83. The molecule has 1 nitrogen and oxygen atoms in total. The number of phenolic OH excluding ortho intramolecular Hbond substituents is 1. The minimum Gasteiger partial charge on any atom is -0.507 e. The van der Waals surface area contributed by atoms with E-state index >= 15 is 0 Å². The van der Waals surface area contributed by atoms with E-state index in [0.717, 1.165) is 19.8 Å². The van der Waals surface area contributed by atoms with Gasteiger partial charge in [-0.05, 0) is 64.9 Å². The number of phenols is 1. The number of rotatable bonds is 3. The second kappa shape index (κ2) is 5.78. The van der Waals surface area contributed by atoms with Crippen molar-refractivity contribution in [2.24, 2.45) is 0 Å². The molecule has 0 aliphatic carbocycles. The monoisotopic (exact) mass is 356 g/mol. The third kappa shape index (κ3) is 3.39. The third-order valence-electron chi connectivity index (χ3n) is 2.48. The molecule has 2 aromatic rings. The number of benzene rings is 2. The van der Waals surface area contributed by atoms with Gasteiger partial charge in [-0.3, -0.25) is 0 Å². The van der Waals surface area contributed by atoms with Gasteiger partial charge in [0.2, 0.25) is 0 Å². The van der Waals surface area contributed by atoms with Crippen LogP contribution in [-0.4, -0.2) is 5.11 Å². The van der Waals surface area contributed by atoms with Crippen molar-refractivity contribution in [3.05, 3.63) is 51.6 Å². The lowest BCUT2D eigenvalue weighted by Gasteiger charge is -2.05. The van der Waals surface area contributed by atoms with Crippen molar-refractivity contribution in [3.63, 3.8) is 0 Å². The van der Waals surface area contributed by atoms with E-state index in [1.54, 1.807) is 17.8 Å². The molecule has 0 saturated carbocycles. The maximum atomic E-state index is 9.83. The average molecular weight is 356 g/mol. The topological polar surface area (TPSA) is 20.2 Å². The standard InChI is InChI=1S/C14H13IOS/c1-2-10-3-6-12(7-4-10)17-14-8-5-11(15)9-13(14)16/h3-9,16H,2H2,1H3. The van der Waals surface area contributed by atoms with Gasteiger partial charge in [-0.25, -0.2) is 0 Å². The van der Waals surface area contributed by atoms with Gasteiger partial charge in [0, 0.05) is 8.47 Å². The molecule has 2 aromatic carbocycles. The lowest BCUT2D eigenvalue weighted by Crippen LogP contribution is -1.80. The highest BCUT2D eigenvalue weighted by molar-refractivity contribution is 14.1. The first kappa shape index (κ1) is 12.8. The van der Waals surface area contributed by atoms with Crippen molar-refractivity contribution in [3.8, 4) is 5.75 Å². The highest BCUT2D eigenvalue weighted by Crippen LogP contribution is 2.35. The number of halogens is 1. The summed E-state index contributed by atoms with van der Waals surface area (Å²) in [4.78, 5) is 2.05. The summed E-state index contributed by atoms with van der Waals surface area (Å²) in [5.41, 5.74) is 1.33. The molecule has 0 aromatic heterocycles. The molecule has 0 atom stereocenters. The molecule has 88 valence electrons. The van der Waals surface area contributed by atoms with Crippen LogP contribution in [0.5, 0.6) is 5.75 Å². The summed E-state index contributed by atoms with van der Waals surface area (Å²) in [5.74, 6) is 0.349. The molecule has 0 aliphatic heterocycles. The molecule has 1 N–H and O–H groups in total. The van der Waals surface area contributed by atoms with Crippen molar-refractivity contribution in [1.82, 2.24) is 0 Å². The van der Waals surface area contributed by atoms with Gasteiger partial charge < -0.3 is 5.11 Å². The van der Waals surface area contributed by atoms with Crippen molar-refractivity contribution >= 4 is 34.4 Å². The number of hydrogen-bond donors (Lipinski definition) is 1. The van der Waals surface area contributed by atoms with Crippen LogP contribution in [0.25, 0.3) is 0 Å². The van der Waals surface area contributed by atoms with E-state index in [1.807, 2.05) is 12.1 Å². The molecule has 0 unspecified atom stereocenters. The van der Waals surface area contributed by atoms with Crippen LogP contribution in [0.1, 0.15) is 12.5 Å². The Morgan fingerprint density at radius 1 is 1.12 bits per heavy atom. The molecular formula is C14H13IOS. The molecule has 0 saturated heterocycles. The summed E-state index contributed by atoms with van der Waals surface area (Å²) >= 11 is 3.78. The summed E-state index contributed by atoms with van der Waals surface area (Å²) < 4.78 is 1.05. The smallest absolute Gasteiger partial charge is 0.130 e. The van der Waals surface area contributed by atoms with E-state index < -0.39 is 0 Å². The lowest BCUT2D eigenvalue weighted by molar-refractivity contribution is 0.462. The van der Waals surface area contributed by atoms with Crippen LogP contribution in [0.2, 0.25) is 0 Å². The molecule has 0 amide bonds. The van der Waals surface area contributed by atoms with Gasteiger partial charge in [-0.2, -0.15) is 0 Å². The Hall–Kier alpha value is -0.680. The molecule has 0 aliphatic rings. The van der Waals surface area contributed by atoms with E-state index in [4.69, 9.17) is 0 Å². The zero-order chi connectivity index (χ0) is 12.3. The quantitative estimate of drug-likeness (QED) is 0.804. The Labute approximate surface area is 119 Å². The molecule has 0 bridgehead atoms. The van der Waals surface area contributed by atoms with E-state index in [-0.39, 0.29) is 0 Å². The minimum atomic E-state index is 0.349. The third-order valence-corrected chi connectivity index (χ3v) is 4.22. The van der Waals surface area contributed by atoms with Crippen LogP contribution in [0.4, 0.5) is 0 Å². The van der Waals surface area contributed by atoms with Crippen molar-refractivity contribution in [2.45, 2.75) is 23.1 Å². The predicted octanol–water partition coefficient (Wildman–Crippen LogP) is 4.71. The lowest BCUT2D eigenvalue weighted by atomic mass is 10.2. The molecule has 0 heterocycles. The number of aromatic hydroxyl groups is 1. The van der Waals surface area contributed by atoms with Crippen LogP contribution >= 0.6 is 34.4 Å². The zero-order valence-electron chi connectivity index (χ0n) is 9.48. The maximum Gasteiger partial charge on any atom is 0.130 e. The van der Waals surface area contributed by atoms with Crippen LogP contribution in [0.3, 0.4) is 0 Å². The summed E-state index contributed by atoms with van der Waals surface area (Å²) in [6.45, 7) is 2.15. The minimum absolute atomic E-state index is 0.349. The van der Waals surface area contributed by atoms with Gasteiger partial charge in [0.25, 0.3) is 0 Å². The molecule has 0 radical (unpaired) electrons. The van der Waals surface area contributed by atoms with Crippen molar-refractivity contribution in [1.29, 1.82) is 0 Å². The first-order valence-corrected chi connectivity index (χ1v) is 7.34. The predicted molar refractivity (Wildman–Crippen MR) is 80.8 cm³/mol. The number of aryl methyl sites for hydroxylation is 1. The maximum absolute atomic E-state index is 9.83. The SMILES string of the molecule is CCc1ccc(Sc2ccc(I)cc2O)cc1. The van der Waals surface area contributed by atoms with Crippen molar-refractivity contribution in [2.75, 3.05) is 0 Å². The fraction of sp³-hybridized carbons (Fsp3) is 0.143. The van der Waals surface area contributed by atoms with Crippen molar-refractivity contribution < 1.29 is 5.11 Å². The second-order valence-corrected chi connectivity index (χ2v) is 6.07. The Bertz CT molecular complexity index is 508. The molecule has 0 spiro atoms. The van der Waals surface area contributed by atoms with Crippen LogP contribution in [0.15, 0.2) is 52.3 Å². The van der Waals surface area contributed by atoms with Crippen LogP contribution in [0, 0.1) is 3.57 Å². The van der Waals surface area contributed by atoms with E-state index in [1.165, 1.54) is 5.56 Å².